The first kappa shape index (κ1) is 13.5. The molecule has 0 bridgehead atoms. The van der Waals surface area contributed by atoms with Gasteiger partial charge in [-0.05, 0) is 17.7 Å². The Hall–Kier alpha value is -1.88. The first-order valence-corrected chi connectivity index (χ1v) is 6.15. The van der Waals surface area contributed by atoms with E-state index in [1.807, 2.05) is 31.4 Å². The van der Waals surface area contributed by atoms with Crippen molar-refractivity contribution in [3.05, 3.63) is 35.0 Å². The highest BCUT2D eigenvalue weighted by Gasteiger charge is 2.10. The summed E-state index contributed by atoms with van der Waals surface area (Å²) in [6.45, 7) is 0.608. The minimum Gasteiger partial charge on any atom is -0.493 e. The van der Waals surface area contributed by atoms with E-state index in [1.54, 1.807) is 18.9 Å². The van der Waals surface area contributed by atoms with Crippen molar-refractivity contribution in [1.82, 2.24) is 9.78 Å². The van der Waals surface area contributed by atoms with Gasteiger partial charge in [-0.1, -0.05) is 11.6 Å². The van der Waals surface area contributed by atoms with E-state index in [4.69, 9.17) is 21.1 Å². The summed E-state index contributed by atoms with van der Waals surface area (Å²) in [5, 5.41) is 7.98. The molecule has 6 heteroatoms. The highest BCUT2D eigenvalue weighted by atomic mass is 35.5. The van der Waals surface area contributed by atoms with Crippen LogP contribution in [0.25, 0.3) is 0 Å². The molecule has 1 N–H and O–H groups in total. The molecule has 0 amide bonds. The van der Waals surface area contributed by atoms with E-state index in [2.05, 4.69) is 10.4 Å². The van der Waals surface area contributed by atoms with Gasteiger partial charge in [0.15, 0.2) is 11.5 Å². The lowest BCUT2D eigenvalue weighted by Gasteiger charge is -2.12. The van der Waals surface area contributed by atoms with Crippen molar-refractivity contribution < 1.29 is 9.47 Å². The van der Waals surface area contributed by atoms with Crippen molar-refractivity contribution in [3.8, 4) is 11.5 Å². The maximum absolute atomic E-state index is 6.15. The highest BCUT2D eigenvalue weighted by molar-refractivity contribution is 6.32. The average Bonchev–Trinajstić information content (AvgIpc) is 2.81. The Morgan fingerprint density at radius 1 is 1.32 bits per heavy atom. The van der Waals surface area contributed by atoms with Crippen LogP contribution in [-0.4, -0.2) is 24.0 Å². The number of ether oxygens (including phenoxy) is 2. The zero-order valence-electron chi connectivity index (χ0n) is 11.1. The minimum absolute atomic E-state index is 0.527. The van der Waals surface area contributed by atoms with Crippen molar-refractivity contribution in [1.29, 1.82) is 0 Å². The summed E-state index contributed by atoms with van der Waals surface area (Å²) in [6, 6.07) is 5.64. The smallest absolute Gasteiger partial charge is 0.179 e. The molecule has 1 aromatic carbocycles. The van der Waals surface area contributed by atoms with Gasteiger partial charge in [0.25, 0.3) is 0 Å². The molecule has 0 aliphatic heterocycles. The standard InChI is InChI=1S/C13H16ClN3O2/c1-17-5-4-12(16-17)15-8-9-6-10(14)13(19-3)11(7-9)18-2/h4-7H,8H2,1-3H3,(H,15,16). The fourth-order valence-electron chi connectivity index (χ4n) is 1.78. The van der Waals surface area contributed by atoms with Gasteiger partial charge in [0.1, 0.15) is 5.82 Å². The second kappa shape index (κ2) is 5.84. The van der Waals surface area contributed by atoms with Crippen LogP contribution in [0, 0.1) is 0 Å². The van der Waals surface area contributed by atoms with E-state index in [0.717, 1.165) is 11.4 Å². The largest absolute Gasteiger partial charge is 0.493 e. The van der Waals surface area contributed by atoms with E-state index >= 15 is 0 Å². The Morgan fingerprint density at radius 2 is 2.11 bits per heavy atom. The molecule has 0 radical (unpaired) electrons. The highest BCUT2D eigenvalue weighted by Crippen LogP contribution is 2.36. The number of methoxy groups -OCH3 is 2. The number of nitrogens with zero attached hydrogens (tertiary/aromatic N) is 2. The van der Waals surface area contributed by atoms with Crippen LogP contribution in [0.15, 0.2) is 24.4 Å². The van der Waals surface area contributed by atoms with Gasteiger partial charge in [-0.15, -0.1) is 0 Å². The van der Waals surface area contributed by atoms with Crippen LogP contribution < -0.4 is 14.8 Å². The number of hydrogen-bond acceptors (Lipinski definition) is 4. The molecule has 0 saturated carbocycles. The SMILES string of the molecule is COc1cc(CNc2ccn(C)n2)cc(Cl)c1OC. The van der Waals surface area contributed by atoms with E-state index < -0.39 is 0 Å². The Morgan fingerprint density at radius 3 is 2.68 bits per heavy atom. The molecule has 0 aliphatic rings. The van der Waals surface area contributed by atoms with Crippen molar-refractivity contribution in [2.24, 2.45) is 7.05 Å². The molecule has 1 aromatic heterocycles. The fourth-order valence-corrected chi connectivity index (χ4v) is 2.09. The predicted octanol–water partition coefficient (Wildman–Crippen LogP) is 2.70. The molecule has 0 fully saturated rings. The molecule has 1 heterocycles. The molecule has 0 unspecified atom stereocenters. The number of nitrogens with one attached hydrogen (secondary N) is 1. The van der Waals surface area contributed by atoms with E-state index in [-0.39, 0.29) is 0 Å². The number of halogens is 1. The summed E-state index contributed by atoms with van der Waals surface area (Å²) in [4.78, 5) is 0. The lowest BCUT2D eigenvalue weighted by Crippen LogP contribution is -2.02. The average molecular weight is 282 g/mol. The summed E-state index contributed by atoms with van der Waals surface area (Å²) < 4.78 is 12.2. The lowest BCUT2D eigenvalue weighted by atomic mass is 10.2. The van der Waals surface area contributed by atoms with Gasteiger partial charge in [0.2, 0.25) is 0 Å². The molecule has 0 saturated heterocycles. The number of hydrogen-bond donors (Lipinski definition) is 1. The number of rotatable bonds is 5. The van der Waals surface area contributed by atoms with Gasteiger partial charge >= 0.3 is 0 Å². The van der Waals surface area contributed by atoms with Crippen molar-refractivity contribution in [3.63, 3.8) is 0 Å². The Kier molecular flexibility index (Phi) is 4.16. The predicted molar refractivity (Wildman–Crippen MR) is 75.1 cm³/mol. The minimum atomic E-state index is 0.527. The molecule has 102 valence electrons. The molecule has 0 aliphatic carbocycles. The third kappa shape index (κ3) is 3.12. The Balaban J connectivity index is 2.14. The van der Waals surface area contributed by atoms with Gasteiger partial charge in [0.05, 0.1) is 19.2 Å². The summed E-state index contributed by atoms with van der Waals surface area (Å²) in [6.07, 6.45) is 1.88. The van der Waals surface area contributed by atoms with Crippen LogP contribution in [0.1, 0.15) is 5.56 Å². The summed E-state index contributed by atoms with van der Waals surface area (Å²) in [7, 11) is 5.03. The maximum atomic E-state index is 6.15. The quantitative estimate of drug-likeness (QED) is 0.915. The third-order valence-corrected chi connectivity index (χ3v) is 2.96. The molecule has 0 spiro atoms. The molecule has 2 rings (SSSR count). The monoisotopic (exact) mass is 281 g/mol. The van der Waals surface area contributed by atoms with Gasteiger partial charge in [-0.3, -0.25) is 4.68 Å². The maximum Gasteiger partial charge on any atom is 0.179 e. The van der Waals surface area contributed by atoms with E-state index in [0.29, 0.717) is 23.1 Å². The second-order valence-electron chi connectivity index (χ2n) is 4.04. The van der Waals surface area contributed by atoms with Gasteiger partial charge in [-0.2, -0.15) is 5.10 Å². The fraction of sp³-hybridized carbons (Fsp3) is 0.308. The van der Waals surface area contributed by atoms with Crippen LogP contribution in [0.2, 0.25) is 5.02 Å². The van der Waals surface area contributed by atoms with Crippen LogP contribution in [0.4, 0.5) is 5.82 Å². The zero-order valence-corrected chi connectivity index (χ0v) is 11.9. The third-order valence-electron chi connectivity index (χ3n) is 2.68. The second-order valence-corrected chi connectivity index (χ2v) is 4.45. The molecule has 5 nitrogen and oxygen atoms in total. The zero-order chi connectivity index (χ0) is 13.8. The van der Waals surface area contributed by atoms with Crippen molar-refractivity contribution in [2.75, 3.05) is 19.5 Å². The van der Waals surface area contributed by atoms with Gasteiger partial charge < -0.3 is 14.8 Å². The molecule has 19 heavy (non-hydrogen) atoms. The molecular weight excluding hydrogens is 266 g/mol. The van der Waals surface area contributed by atoms with E-state index in [9.17, 15) is 0 Å². The van der Waals surface area contributed by atoms with Gasteiger partial charge in [0, 0.05) is 25.9 Å². The number of aryl methyl sites for hydroxylation is 1. The number of anilines is 1. The Labute approximate surface area is 117 Å². The first-order valence-electron chi connectivity index (χ1n) is 5.78. The Bertz CT molecular complexity index is 569. The van der Waals surface area contributed by atoms with Crippen LogP contribution >= 0.6 is 11.6 Å². The summed E-state index contributed by atoms with van der Waals surface area (Å²) in [5.41, 5.74) is 0.994. The first-order chi connectivity index (χ1) is 9.13. The van der Waals surface area contributed by atoms with Crippen LogP contribution in [0.5, 0.6) is 11.5 Å². The molecule has 0 atom stereocenters. The van der Waals surface area contributed by atoms with E-state index in [1.165, 1.54) is 0 Å². The number of benzene rings is 1. The number of aromatic nitrogens is 2. The normalized spacial score (nSPS) is 10.3. The van der Waals surface area contributed by atoms with Crippen molar-refractivity contribution >= 4 is 17.4 Å². The lowest BCUT2D eigenvalue weighted by molar-refractivity contribution is 0.355. The van der Waals surface area contributed by atoms with Crippen LogP contribution in [0.3, 0.4) is 0 Å². The van der Waals surface area contributed by atoms with Gasteiger partial charge in [-0.25, -0.2) is 0 Å². The van der Waals surface area contributed by atoms with Crippen LogP contribution in [-0.2, 0) is 13.6 Å². The topological polar surface area (TPSA) is 48.3 Å². The van der Waals surface area contributed by atoms with Crippen molar-refractivity contribution in [2.45, 2.75) is 6.54 Å². The molecular formula is C13H16ClN3O2. The summed E-state index contributed by atoms with van der Waals surface area (Å²) in [5.74, 6) is 1.98. The summed E-state index contributed by atoms with van der Waals surface area (Å²) >= 11 is 6.15. The molecule has 2 aromatic rings.